The van der Waals surface area contributed by atoms with Crippen LogP contribution in [0.15, 0.2) is 146 Å². The van der Waals surface area contributed by atoms with E-state index in [1.807, 2.05) is 0 Å². The standard InChI is InChI=1S/C44H46O2P2.Pd/c1-32-19-7-13-25-38(32)47(39-26-14-8-20-33(39)2,40-27-15-9-21-34(40)3)31-44(45)46-48(41-28-16-10-22-35(41)4,42-29-17-11-23-36(42)5)43-30-18-12-24-37(43)6;/h7-30,47-48H,31H2,1-6H3;. The van der Waals surface area contributed by atoms with Crippen LogP contribution in [-0.4, -0.2) is 12.1 Å². The second-order valence-corrected chi connectivity index (χ2v) is 20.1. The molecule has 0 spiro atoms. The molecule has 0 saturated heterocycles. The molecular formula is C44H46O2P2Pd. The van der Waals surface area contributed by atoms with Gasteiger partial charge in [0.1, 0.15) is 0 Å². The van der Waals surface area contributed by atoms with Crippen LogP contribution in [0.2, 0.25) is 0 Å². The Morgan fingerprint density at radius 1 is 0.408 bits per heavy atom. The molecule has 0 saturated carbocycles. The van der Waals surface area contributed by atoms with Crippen molar-refractivity contribution in [2.24, 2.45) is 0 Å². The van der Waals surface area contributed by atoms with Crippen LogP contribution in [0.25, 0.3) is 0 Å². The van der Waals surface area contributed by atoms with Crippen molar-refractivity contribution in [1.29, 1.82) is 0 Å². The van der Waals surface area contributed by atoms with Crippen LogP contribution in [0.4, 0.5) is 0 Å². The van der Waals surface area contributed by atoms with E-state index >= 15 is 4.79 Å². The Bertz CT molecular complexity index is 1730. The van der Waals surface area contributed by atoms with E-state index in [-0.39, 0.29) is 32.6 Å². The number of benzene rings is 6. The molecule has 6 aromatic carbocycles. The Balaban J connectivity index is 0.00000468. The first-order valence-corrected chi connectivity index (χ1v) is 20.9. The third-order valence-corrected chi connectivity index (χ3v) is 19.8. The number of rotatable bonds is 9. The first-order valence-electron chi connectivity index (χ1n) is 16.8. The summed E-state index contributed by atoms with van der Waals surface area (Å²) in [6.45, 7) is 13.0. The Labute approximate surface area is 307 Å². The predicted octanol–water partition coefficient (Wildman–Crippen LogP) is 7.75. The number of carbonyl (C=O) groups is 1. The van der Waals surface area contributed by atoms with Gasteiger partial charge in [-0.3, -0.25) is 0 Å². The van der Waals surface area contributed by atoms with E-state index < -0.39 is 14.8 Å². The summed E-state index contributed by atoms with van der Waals surface area (Å²) >= 11 is 0. The van der Waals surface area contributed by atoms with Gasteiger partial charge in [-0.25, -0.2) is 0 Å². The van der Waals surface area contributed by atoms with E-state index in [1.54, 1.807) is 0 Å². The molecule has 0 bridgehead atoms. The first kappa shape index (κ1) is 36.6. The maximum Gasteiger partial charge on any atom is 0 e. The van der Waals surface area contributed by atoms with Gasteiger partial charge in [-0.2, -0.15) is 0 Å². The third kappa shape index (κ3) is 6.76. The summed E-state index contributed by atoms with van der Waals surface area (Å²) in [6.07, 6.45) is 0.284. The van der Waals surface area contributed by atoms with Gasteiger partial charge in [0, 0.05) is 20.4 Å². The molecule has 0 unspecified atom stereocenters. The summed E-state index contributed by atoms with van der Waals surface area (Å²) in [5.41, 5.74) is 6.98. The zero-order valence-corrected chi connectivity index (χ0v) is 32.8. The monoisotopic (exact) mass is 774 g/mol. The van der Waals surface area contributed by atoms with Gasteiger partial charge in [-0.05, 0) is 0 Å². The van der Waals surface area contributed by atoms with Gasteiger partial charge in [0.05, 0.1) is 0 Å². The largest absolute Gasteiger partial charge is 0 e. The van der Waals surface area contributed by atoms with Gasteiger partial charge in [0.2, 0.25) is 0 Å². The fourth-order valence-electron chi connectivity index (χ4n) is 7.80. The molecule has 6 rings (SSSR count). The maximum absolute atomic E-state index is 15.4. The van der Waals surface area contributed by atoms with Crippen molar-refractivity contribution in [2.75, 3.05) is 6.16 Å². The van der Waals surface area contributed by atoms with Gasteiger partial charge >= 0.3 is 289 Å². The molecule has 0 aliphatic rings. The maximum atomic E-state index is 15.4. The number of aryl methyl sites for hydroxylation is 6. The zero-order valence-electron chi connectivity index (χ0n) is 29.2. The Morgan fingerprint density at radius 2 is 0.633 bits per heavy atom. The van der Waals surface area contributed by atoms with Gasteiger partial charge < -0.3 is 0 Å². The molecule has 0 amide bonds. The molecule has 2 nitrogen and oxygen atoms in total. The van der Waals surface area contributed by atoms with E-state index in [0.29, 0.717) is 0 Å². The fourth-order valence-corrected chi connectivity index (χ4v) is 17.8. The van der Waals surface area contributed by atoms with Crippen LogP contribution >= 0.6 is 14.8 Å². The SMILES string of the molecule is Cc1ccccc1[PH](CC(=O)O[PH](c1ccccc1C)(c1ccccc1C)c1ccccc1C)(c1ccccc1C)c1ccccc1C.[Pd]. The fraction of sp³-hybridized carbons (Fsp3) is 0.159. The average molecular weight is 775 g/mol. The zero-order chi connectivity index (χ0) is 33.9. The van der Waals surface area contributed by atoms with Crippen molar-refractivity contribution in [1.82, 2.24) is 0 Å². The first-order chi connectivity index (χ1) is 23.2. The molecule has 0 heterocycles. The molecule has 0 atom stereocenters. The minimum atomic E-state index is -3.39. The second kappa shape index (κ2) is 15.5. The van der Waals surface area contributed by atoms with Gasteiger partial charge in [0.25, 0.3) is 0 Å². The topological polar surface area (TPSA) is 26.3 Å². The van der Waals surface area contributed by atoms with E-state index in [2.05, 4.69) is 187 Å². The number of carbonyl (C=O) groups excluding carboxylic acids is 1. The van der Waals surface area contributed by atoms with Crippen molar-refractivity contribution >= 4 is 52.5 Å². The van der Waals surface area contributed by atoms with E-state index in [9.17, 15) is 0 Å². The molecule has 0 aliphatic carbocycles. The van der Waals surface area contributed by atoms with Crippen molar-refractivity contribution in [3.8, 4) is 0 Å². The minimum Gasteiger partial charge on any atom is 0 e. The van der Waals surface area contributed by atoms with Crippen LogP contribution in [0.1, 0.15) is 33.4 Å². The Morgan fingerprint density at radius 3 is 0.878 bits per heavy atom. The summed E-state index contributed by atoms with van der Waals surface area (Å²) in [5, 5.41) is 7.08. The van der Waals surface area contributed by atoms with Crippen molar-refractivity contribution in [3.63, 3.8) is 0 Å². The average Bonchev–Trinajstić information content (AvgIpc) is 3.08. The van der Waals surface area contributed by atoms with Crippen molar-refractivity contribution < 1.29 is 29.7 Å². The van der Waals surface area contributed by atoms with E-state index in [4.69, 9.17) is 4.52 Å². The molecule has 49 heavy (non-hydrogen) atoms. The Hall–Kier alpha value is -3.69. The molecule has 0 aliphatic heterocycles. The molecule has 254 valence electrons. The van der Waals surface area contributed by atoms with Crippen molar-refractivity contribution in [3.05, 3.63) is 179 Å². The van der Waals surface area contributed by atoms with E-state index in [1.165, 1.54) is 32.6 Å². The smallest absolute Gasteiger partial charge is 0 e. The molecule has 6 aromatic rings. The van der Waals surface area contributed by atoms with Crippen LogP contribution in [0.5, 0.6) is 0 Å². The second-order valence-electron chi connectivity index (χ2n) is 13.1. The van der Waals surface area contributed by atoms with Crippen LogP contribution in [0, 0.1) is 41.5 Å². The van der Waals surface area contributed by atoms with Crippen molar-refractivity contribution in [2.45, 2.75) is 41.5 Å². The molecular weight excluding hydrogens is 729 g/mol. The molecule has 0 radical (unpaired) electrons. The van der Waals surface area contributed by atoms with Crippen LogP contribution in [-0.2, 0) is 29.7 Å². The van der Waals surface area contributed by atoms with Gasteiger partial charge in [-0.15, -0.1) is 0 Å². The summed E-state index contributed by atoms with van der Waals surface area (Å²) < 4.78 is 7.41. The Kier molecular flexibility index (Phi) is 11.5. The molecule has 5 heteroatoms. The van der Waals surface area contributed by atoms with E-state index in [0.717, 1.165) is 32.6 Å². The number of hydrogen-bond acceptors (Lipinski definition) is 2. The summed E-state index contributed by atoms with van der Waals surface area (Å²) in [5.74, 6) is -0.155. The molecule has 0 N–H and O–H groups in total. The summed E-state index contributed by atoms with van der Waals surface area (Å²) in [7, 11) is -6.41. The summed E-state index contributed by atoms with van der Waals surface area (Å²) in [6, 6.07) is 51.4. The predicted molar refractivity (Wildman–Crippen MR) is 212 cm³/mol. The third-order valence-electron chi connectivity index (χ3n) is 10.1. The normalized spacial score (nSPS) is 12.1. The number of hydrogen-bond donors (Lipinski definition) is 0. The van der Waals surface area contributed by atoms with Crippen LogP contribution in [0.3, 0.4) is 0 Å². The minimum absolute atomic E-state index is 0. The van der Waals surface area contributed by atoms with Gasteiger partial charge in [-0.1, -0.05) is 0 Å². The van der Waals surface area contributed by atoms with Crippen LogP contribution < -0.4 is 31.8 Å². The van der Waals surface area contributed by atoms with Gasteiger partial charge in [0.15, 0.2) is 0 Å². The summed E-state index contributed by atoms with van der Waals surface area (Å²) in [4.78, 5) is 15.4. The quantitative estimate of drug-likeness (QED) is 0.111. The molecule has 0 aromatic heterocycles. The molecule has 0 fully saturated rings.